The summed E-state index contributed by atoms with van der Waals surface area (Å²) < 4.78 is 29.6. The fraction of sp³-hybridized carbons (Fsp3) is 0.435. The fourth-order valence-electron chi connectivity index (χ4n) is 5.69. The van der Waals surface area contributed by atoms with Gasteiger partial charge in [-0.25, -0.2) is 8.78 Å². The minimum atomic E-state index is -0.983. The van der Waals surface area contributed by atoms with Crippen molar-refractivity contribution >= 4 is 11.8 Å². The van der Waals surface area contributed by atoms with Gasteiger partial charge in [-0.3, -0.25) is 14.4 Å². The van der Waals surface area contributed by atoms with Gasteiger partial charge in [0.25, 0.3) is 11.8 Å². The van der Waals surface area contributed by atoms with Gasteiger partial charge >= 0.3 is 0 Å². The number of aryl methyl sites for hydroxylation is 1. The van der Waals surface area contributed by atoms with Crippen LogP contribution in [0.15, 0.2) is 23.1 Å². The molecule has 7 nitrogen and oxygen atoms in total. The molecule has 2 fully saturated rings. The number of aromatic hydroxyl groups is 1. The number of hydrogen-bond donors (Lipinski definition) is 2. The highest BCUT2D eigenvalue weighted by molar-refractivity contribution is 5.99. The van der Waals surface area contributed by atoms with Crippen LogP contribution in [0.25, 0.3) is 0 Å². The minimum Gasteiger partial charge on any atom is -0.503 e. The van der Waals surface area contributed by atoms with Crippen LogP contribution in [-0.2, 0) is 13.1 Å². The van der Waals surface area contributed by atoms with E-state index in [9.17, 15) is 28.3 Å². The normalized spacial score (nSPS) is 25.6. The molecule has 0 radical (unpaired) electrons. The lowest BCUT2D eigenvalue weighted by molar-refractivity contribution is 0.0416. The molecular weight excluding hydrogens is 420 g/mol. The summed E-state index contributed by atoms with van der Waals surface area (Å²) in [5.41, 5.74) is -1.40. The highest BCUT2D eigenvalue weighted by Crippen LogP contribution is 2.48. The fourth-order valence-corrected chi connectivity index (χ4v) is 5.69. The van der Waals surface area contributed by atoms with E-state index in [-0.39, 0.29) is 28.9 Å². The number of halogens is 2. The van der Waals surface area contributed by atoms with Crippen molar-refractivity contribution < 1.29 is 23.5 Å². The number of amides is 2. The molecule has 2 aliphatic heterocycles. The van der Waals surface area contributed by atoms with Crippen molar-refractivity contribution in [2.45, 2.75) is 51.9 Å². The molecule has 3 heterocycles. The number of hydrogen-bond acceptors (Lipinski definition) is 4. The van der Waals surface area contributed by atoms with Gasteiger partial charge in [-0.15, -0.1) is 0 Å². The number of piperidine rings is 1. The summed E-state index contributed by atoms with van der Waals surface area (Å²) >= 11 is 0. The van der Waals surface area contributed by atoms with Crippen LogP contribution in [0.1, 0.15) is 51.7 Å². The Morgan fingerprint density at radius 2 is 1.91 bits per heavy atom. The van der Waals surface area contributed by atoms with Crippen molar-refractivity contribution in [2.75, 3.05) is 0 Å². The van der Waals surface area contributed by atoms with Gasteiger partial charge in [0.15, 0.2) is 11.4 Å². The highest BCUT2D eigenvalue weighted by Gasteiger charge is 2.54. The molecule has 2 amide bonds. The molecule has 2 aromatic rings. The average Bonchev–Trinajstić information content (AvgIpc) is 3.26. The SMILES string of the molecule is Cc1cc(F)c(CNC(=O)c2cn3c(c(O)c2=O)C(=O)N2[C@@H]4C[C@@H]([C@H](C)C4)[C@H]2C3)c(F)c1. The number of carbonyl (C=O) groups excluding carboxylic acids is 2. The molecule has 5 rings (SSSR count). The third-order valence-electron chi connectivity index (χ3n) is 7.20. The second-order valence-corrected chi connectivity index (χ2v) is 9.16. The number of rotatable bonds is 3. The van der Waals surface area contributed by atoms with Gasteiger partial charge in [0.1, 0.15) is 17.2 Å². The minimum absolute atomic E-state index is 0.0442. The molecule has 168 valence electrons. The number of benzene rings is 1. The van der Waals surface area contributed by atoms with Crippen LogP contribution in [-0.4, -0.2) is 38.5 Å². The summed E-state index contributed by atoms with van der Waals surface area (Å²) in [6, 6.07) is 2.37. The first kappa shape index (κ1) is 20.7. The monoisotopic (exact) mass is 443 g/mol. The van der Waals surface area contributed by atoms with Gasteiger partial charge in [-0.2, -0.15) is 0 Å². The zero-order chi connectivity index (χ0) is 22.9. The molecule has 32 heavy (non-hydrogen) atoms. The van der Waals surface area contributed by atoms with Crippen molar-refractivity contribution in [3.63, 3.8) is 0 Å². The van der Waals surface area contributed by atoms with E-state index in [0.717, 1.165) is 25.0 Å². The second-order valence-electron chi connectivity index (χ2n) is 9.16. The predicted octanol–water partition coefficient (Wildman–Crippen LogP) is 2.32. The van der Waals surface area contributed by atoms with Crippen molar-refractivity contribution in [1.82, 2.24) is 14.8 Å². The first-order valence-corrected chi connectivity index (χ1v) is 10.7. The van der Waals surface area contributed by atoms with Crippen molar-refractivity contribution in [3.05, 3.63) is 62.6 Å². The molecule has 0 unspecified atom stereocenters. The smallest absolute Gasteiger partial charge is 0.275 e. The number of aromatic nitrogens is 1. The summed E-state index contributed by atoms with van der Waals surface area (Å²) in [4.78, 5) is 40.2. The maximum atomic E-state index is 14.1. The first-order chi connectivity index (χ1) is 15.2. The Bertz CT molecular complexity index is 1200. The Morgan fingerprint density at radius 3 is 2.59 bits per heavy atom. The van der Waals surface area contributed by atoms with Gasteiger partial charge < -0.3 is 19.9 Å². The molecule has 1 aromatic heterocycles. The van der Waals surface area contributed by atoms with Gasteiger partial charge in [0.05, 0.1) is 6.04 Å². The molecule has 9 heteroatoms. The Hall–Kier alpha value is -3.23. The Kier molecular flexibility index (Phi) is 4.61. The average molecular weight is 443 g/mol. The lowest BCUT2D eigenvalue weighted by atomic mass is 9.87. The van der Waals surface area contributed by atoms with Crippen molar-refractivity contribution in [2.24, 2.45) is 11.8 Å². The van der Waals surface area contributed by atoms with Gasteiger partial charge in [0, 0.05) is 30.9 Å². The summed E-state index contributed by atoms with van der Waals surface area (Å²) in [7, 11) is 0. The van der Waals surface area contributed by atoms with E-state index in [2.05, 4.69) is 12.2 Å². The van der Waals surface area contributed by atoms with Crippen molar-refractivity contribution in [3.8, 4) is 5.75 Å². The number of nitrogens with one attached hydrogen (secondary N) is 1. The van der Waals surface area contributed by atoms with Gasteiger partial charge in [0.2, 0.25) is 5.43 Å². The van der Waals surface area contributed by atoms with E-state index < -0.39 is 41.2 Å². The van der Waals surface area contributed by atoms with Crippen LogP contribution >= 0.6 is 0 Å². The third kappa shape index (κ3) is 2.94. The second kappa shape index (κ2) is 7.15. The van der Waals surface area contributed by atoms with Crippen LogP contribution in [0.2, 0.25) is 0 Å². The van der Waals surface area contributed by atoms with E-state index >= 15 is 0 Å². The number of carbonyl (C=O) groups is 2. The Labute approximate surface area is 182 Å². The zero-order valence-electron chi connectivity index (χ0n) is 17.7. The van der Waals surface area contributed by atoms with E-state index in [1.165, 1.54) is 10.8 Å². The van der Waals surface area contributed by atoms with E-state index in [0.29, 0.717) is 23.9 Å². The van der Waals surface area contributed by atoms with Crippen molar-refractivity contribution in [1.29, 1.82) is 0 Å². The lowest BCUT2D eigenvalue weighted by Crippen LogP contribution is -2.53. The van der Waals surface area contributed by atoms with Crippen LogP contribution in [0.5, 0.6) is 5.75 Å². The maximum absolute atomic E-state index is 14.1. The third-order valence-corrected chi connectivity index (χ3v) is 7.20. The number of pyridine rings is 1. The quantitative estimate of drug-likeness (QED) is 0.762. The molecular formula is C23H23F2N3O4. The molecule has 1 aliphatic carbocycles. The lowest BCUT2D eigenvalue weighted by Gasteiger charge is -2.42. The Balaban J connectivity index is 1.45. The largest absolute Gasteiger partial charge is 0.503 e. The molecule has 4 atom stereocenters. The zero-order valence-corrected chi connectivity index (χ0v) is 17.7. The first-order valence-electron chi connectivity index (χ1n) is 10.7. The van der Waals surface area contributed by atoms with Crippen LogP contribution in [0, 0.1) is 30.4 Å². The summed E-state index contributed by atoms with van der Waals surface area (Å²) in [6.07, 6.45) is 3.07. The Morgan fingerprint density at radius 1 is 1.22 bits per heavy atom. The van der Waals surface area contributed by atoms with E-state index in [1.807, 2.05) is 0 Å². The van der Waals surface area contributed by atoms with Gasteiger partial charge in [-0.05, 0) is 49.3 Å². The summed E-state index contributed by atoms with van der Waals surface area (Å²) in [5, 5.41) is 12.9. The molecule has 3 aliphatic rings. The van der Waals surface area contributed by atoms with Crippen LogP contribution in [0.3, 0.4) is 0 Å². The summed E-state index contributed by atoms with van der Waals surface area (Å²) in [6.45, 7) is 3.62. The molecule has 2 bridgehead atoms. The predicted molar refractivity (Wildman–Crippen MR) is 110 cm³/mol. The summed E-state index contributed by atoms with van der Waals surface area (Å²) in [5.74, 6) is -2.84. The molecule has 1 aromatic carbocycles. The maximum Gasteiger partial charge on any atom is 0.275 e. The highest BCUT2D eigenvalue weighted by atomic mass is 19.1. The van der Waals surface area contributed by atoms with Crippen LogP contribution < -0.4 is 10.7 Å². The molecule has 1 saturated carbocycles. The van der Waals surface area contributed by atoms with E-state index in [1.54, 1.807) is 11.8 Å². The number of nitrogens with zero attached hydrogens (tertiary/aromatic N) is 2. The molecule has 2 N–H and O–H groups in total. The number of fused-ring (bicyclic) bond motifs is 6. The van der Waals surface area contributed by atoms with Crippen LogP contribution in [0.4, 0.5) is 8.78 Å². The molecule has 0 spiro atoms. The standard InChI is InChI=1S/C23H23F2N3O4/c1-10-3-16(24)14(17(25)4-10)7-26-22(31)15-8-27-9-18-13-6-12(5-11(13)2)28(18)23(32)19(27)21(30)20(15)29/h3-4,8,11-13,18,30H,5-7,9H2,1-2H3,(H,26,31)/t11-,12+,13+,18-/m1/s1. The molecule has 1 saturated heterocycles. The van der Waals surface area contributed by atoms with Gasteiger partial charge in [-0.1, -0.05) is 6.92 Å². The topological polar surface area (TPSA) is 91.6 Å². The van der Waals surface area contributed by atoms with E-state index in [4.69, 9.17) is 0 Å².